The van der Waals surface area contributed by atoms with Gasteiger partial charge in [-0.3, -0.25) is 0 Å². The fraction of sp³-hybridized carbons (Fsp3) is 0.538. The zero-order valence-corrected chi connectivity index (χ0v) is 11.5. The first-order valence-corrected chi connectivity index (χ1v) is 6.72. The Kier molecular flexibility index (Phi) is 4.97. The van der Waals surface area contributed by atoms with Crippen LogP contribution in [0.5, 0.6) is 0 Å². The van der Waals surface area contributed by atoms with E-state index in [4.69, 9.17) is 17.3 Å². The first kappa shape index (κ1) is 13.8. The van der Waals surface area contributed by atoms with Crippen molar-refractivity contribution < 1.29 is 0 Å². The average molecular weight is 269 g/mol. The molecule has 4 nitrogen and oxygen atoms in total. The van der Waals surface area contributed by atoms with E-state index in [2.05, 4.69) is 22.4 Å². The van der Waals surface area contributed by atoms with Crippen LogP contribution in [0, 0.1) is 0 Å². The van der Waals surface area contributed by atoms with Crippen LogP contribution in [0.4, 0.5) is 0 Å². The SMILES string of the molecule is CN1CCN(NC(CN)c2ccccc2Cl)CC1. The Labute approximate surface area is 114 Å². The van der Waals surface area contributed by atoms with Crippen molar-refractivity contribution in [3.8, 4) is 0 Å². The van der Waals surface area contributed by atoms with Crippen molar-refractivity contribution in [3.63, 3.8) is 0 Å². The molecule has 0 amide bonds. The van der Waals surface area contributed by atoms with Gasteiger partial charge in [0.05, 0.1) is 6.04 Å². The van der Waals surface area contributed by atoms with Crippen molar-refractivity contribution in [3.05, 3.63) is 34.9 Å². The molecule has 18 heavy (non-hydrogen) atoms. The van der Waals surface area contributed by atoms with Crippen LogP contribution in [0.15, 0.2) is 24.3 Å². The summed E-state index contributed by atoms with van der Waals surface area (Å²) in [7, 11) is 2.14. The van der Waals surface area contributed by atoms with Crippen molar-refractivity contribution in [2.45, 2.75) is 6.04 Å². The lowest BCUT2D eigenvalue weighted by Gasteiger charge is -2.35. The maximum absolute atomic E-state index is 6.22. The van der Waals surface area contributed by atoms with Gasteiger partial charge in [0.1, 0.15) is 0 Å². The van der Waals surface area contributed by atoms with Gasteiger partial charge in [0, 0.05) is 37.7 Å². The molecule has 1 aromatic carbocycles. The van der Waals surface area contributed by atoms with E-state index in [1.54, 1.807) is 0 Å². The average Bonchev–Trinajstić information content (AvgIpc) is 2.39. The highest BCUT2D eigenvalue weighted by Crippen LogP contribution is 2.22. The number of nitrogens with zero attached hydrogens (tertiary/aromatic N) is 2. The smallest absolute Gasteiger partial charge is 0.0601 e. The molecule has 1 atom stereocenters. The Morgan fingerprint density at radius 3 is 2.56 bits per heavy atom. The minimum Gasteiger partial charge on any atom is -0.329 e. The summed E-state index contributed by atoms with van der Waals surface area (Å²) in [6.07, 6.45) is 0. The Morgan fingerprint density at radius 1 is 1.28 bits per heavy atom. The first-order valence-electron chi connectivity index (χ1n) is 6.35. The van der Waals surface area contributed by atoms with Gasteiger partial charge in [-0.25, -0.2) is 10.4 Å². The number of hydrogen-bond donors (Lipinski definition) is 2. The third kappa shape index (κ3) is 3.43. The van der Waals surface area contributed by atoms with Crippen molar-refractivity contribution in [1.29, 1.82) is 0 Å². The summed E-state index contributed by atoms with van der Waals surface area (Å²) < 4.78 is 0. The van der Waals surface area contributed by atoms with Gasteiger partial charge in [0.2, 0.25) is 0 Å². The van der Waals surface area contributed by atoms with Crippen LogP contribution < -0.4 is 11.2 Å². The van der Waals surface area contributed by atoms with Crippen LogP contribution in [-0.2, 0) is 0 Å². The first-order chi connectivity index (χ1) is 8.70. The number of piperazine rings is 1. The number of nitrogens with one attached hydrogen (secondary N) is 1. The second-order valence-electron chi connectivity index (χ2n) is 4.73. The van der Waals surface area contributed by atoms with Crippen molar-refractivity contribution in [2.24, 2.45) is 5.73 Å². The number of halogens is 1. The fourth-order valence-electron chi connectivity index (χ4n) is 2.16. The molecular weight excluding hydrogens is 248 g/mol. The van der Waals surface area contributed by atoms with Gasteiger partial charge in [-0.2, -0.15) is 0 Å². The van der Waals surface area contributed by atoms with E-state index in [9.17, 15) is 0 Å². The van der Waals surface area contributed by atoms with Crippen molar-refractivity contribution in [2.75, 3.05) is 39.8 Å². The van der Waals surface area contributed by atoms with Gasteiger partial charge in [-0.1, -0.05) is 29.8 Å². The van der Waals surface area contributed by atoms with Gasteiger partial charge in [0.15, 0.2) is 0 Å². The molecule has 100 valence electrons. The van der Waals surface area contributed by atoms with Crippen molar-refractivity contribution >= 4 is 11.6 Å². The van der Waals surface area contributed by atoms with Crippen molar-refractivity contribution in [1.82, 2.24) is 15.3 Å². The lowest BCUT2D eigenvalue weighted by Crippen LogP contribution is -2.52. The van der Waals surface area contributed by atoms with Crippen LogP contribution in [0.1, 0.15) is 11.6 Å². The molecular formula is C13H21ClN4. The molecule has 1 aromatic rings. The topological polar surface area (TPSA) is 44.5 Å². The van der Waals surface area contributed by atoms with Crippen LogP contribution in [0.25, 0.3) is 0 Å². The number of nitrogens with two attached hydrogens (primary N) is 1. The van der Waals surface area contributed by atoms with E-state index in [0.29, 0.717) is 6.54 Å². The lowest BCUT2D eigenvalue weighted by molar-refractivity contribution is 0.0880. The Bertz CT molecular complexity index is 377. The normalized spacial score (nSPS) is 19.9. The molecule has 1 unspecified atom stereocenters. The maximum Gasteiger partial charge on any atom is 0.0601 e. The Morgan fingerprint density at radius 2 is 1.94 bits per heavy atom. The Balaban J connectivity index is 1.99. The molecule has 2 rings (SSSR count). The van der Waals surface area contributed by atoms with E-state index in [1.807, 2.05) is 24.3 Å². The molecule has 1 aliphatic heterocycles. The molecule has 5 heteroatoms. The number of benzene rings is 1. The van der Waals surface area contributed by atoms with E-state index in [-0.39, 0.29) is 6.04 Å². The molecule has 0 saturated carbocycles. The third-order valence-corrected chi connectivity index (χ3v) is 3.70. The monoisotopic (exact) mass is 268 g/mol. The molecule has 0 spiro atoms. The molecule has 1 heterocycles. The van der Waals surface area contributed by atoms with E-state index >= 15 is 0 Å². The van der Waals surface area contributed by atoms with E-state index in [0.717, 1.165) is 36.8 Å². The predicted octanol–water partition coefficient (Wildman–Crippen LogP) is 1.09. The van der Waals surface area contributed by atoms with Crippen LogP contribution >= 0.6 is 11.6 Å². The molecule has 1 fully saturated rings. The Hall–Kier alpha value is -0.650. The van der Waals surface area contributed by atoms with E-state index < -0.39 is 0 Å². The van der Waals surface area contributed by atoms with Gasteiger partial charge >= 0.3 is 0 Å². The summed E-state index contributed by atoms with van der Waals surface area (Å²) in [6.45, 7) is 4.71. The van der Waals surface area contributed by atoms with Crippen LogP contribution in [-0.4, -0.2) is 49.7 Å². The third-order valence-electron chi connectivity index (χ3n) is 3.36. The number of rotatable bonds is 4. The minimum atomic E-state index is 0.0853. The number of hydrazine groups is 1. The molecule has 1 aliphatic rings. The molecule has 0 bridgehead atoms. The number of hydrogen-bond acceptors (Lipinski definition) is 4. The minimum absolute atomic E-state index is 0.0853. The quantitative estimate of drug-likeness (QED) is 0.858. The highest BCUT2D eigenvalue weighted by atomic mass is 35.5. The van der Waals surface area contributed by atoms with Crippen LogP contribution in [0.2, 0.25) is 5.02 Å². The maximum atomic E-state index is 6.22. The molecule has 1 saturated heterocycles. The fourth-order valence-corrected chi connectivity index (χ4v) is 2.43. The summed E-state index contributed by atoms with van der Waals surface area (Å²) in [6, 6.07) is 7.96. The highest BCUT2D eigenvalue weighted by molar-refractivity contribution is 6.31. The van der Waals surface area contributed by atoms with E-state index in [1.165, 1.54) is 0 Å². The summed E-state index contributed by atoms with van der Waals surface area (Å²) in [5.41, 5.74) is 10.4. The highest BCUT2D eigenvalue weighted by Gasteiger charge is 2.19. The second kappa shape index (κ2) is 6.50. The largest absolute Gasteiger partial charge is 0.329 e. The zero-order valence-electron chi connectivity index (χ0n) is 10.8. The summed E-state index contributed by atoms with van der Waals surface area (Å²) in [4.78, 5) is 2.32. The lowest BCUT2D eigenvalue weighted by atomic mass is 10.1. The molecule has 3 N–H and O–H groups in total. The molecule has 0 aromatic heterocycles. The van der Waals surface area contributed by atoms with Gasteiger partial charge in [0.25, 0.3) is 0 Å². The predicted molar refractivity (Wildman–Crippen MR) is 75.5 cm³/mol. The zero-order chi connectivity index (χ0) is 13.0. The molecule has 0 aliphatic carbocycles. The van der Waals surface area contributed by atoms with Gasteiger partial charge in [-0.15, -0.1) is 0 Å². The second-order valence-corrected chi connectivity index (χ2v) is 5.14. The summed E-state index contributed by atoms with van der Waals surface area (Å²) in [5.74, 6) is 0. The standard InChI is InChI=1S/C13H21ClN4/c1-17-6-8-18(9-7-17)16-13(10-15)11-4-2-3-5-12(11)14/h2-5,13,16H,6-10,15H2,1H3. The number of likely N-dealkylation sites (N-methyl/N-ethyl adjacent to an activating group) is 1. The molecule has 0 radical (unpaired) electrons. The van der Waals surface area contributed by atoms with Gasteiger partial charge in [-0.05, 0) is 18.7 Å². The summed E-state index contributed by atoms with van der Waals surface area (Å²) in [5, 5.41) is 3.01. The summed E-state index contributed by atoms with van der Waals surface area (Å²) >= 11 is 6.22. The van der Waals surface area contributed by atoms with Crippen LogP contribution in [0.3, 0.4) is 0 Å². The van der Waals surface area contributed by atoms with Gasteiger partial charge < -0.3 is 10.6 Å².